The molecule has 3 aromatic carbocycles. The van der Waals surface area contributed by atoms with Crippen LogP contribution in [-0.2, 0) is 6.54 Å². The number of nitrogens with one attached hydrogen (secondary N) is 1. The first kappa shape index (κ1) is 26.9. The maximum Gasteiger partial charge on any atom is 0.162 e. The van der Waals surface area contributed by atoms with E-state index < -0.39 is 0 Å². The minimum atomic E-state index is -0.100. The van der Waals surface area contributed by atoms with Crippen LogP contribution in [0.5, 0.6) is 11.5 Å². The third-order valence-electron chi connectivity index (χ3n) is 7.31. The Balaban J connectivity index is 1.25. The molecule has 1 aliphatic rings. The van der Waals surface area contributed by atoms with Gasteiger partial charge in [0.1, 0.15) is 17.6 Å². The van der Waals surface area contributed by atoms with Crippen molar-refractivity contribution in [3.8, 4) is 11.5 Å². The molecule has 1 saturated heterocycles. The van der Waals surface area contributed by atoms with Gasteiger partial charge in [0.25, 0.3) is 0 Å². The highest BCUT2D eigenvalue weighted by Crippen LogP contribution is 2.28. The molecule has 5 heteroatoms. The number of carbonyl (C=O) groups excluding carboxylic acids is 1. The van der Waals surface area contributed by atoms with Crippen molar-refractivity contribution in [2.75, 3.05) is 33.8 Å². The molecule has 5 nitrogen and oxygen atoms in total. The molecule has 0 spiro atoms. The van der Waals surface area contributed by atoms with E-state index in [4.69, 9.17) is 9.47 Å². The van der Waals surface area contributed by atoms with Gasteiger partial charge >= 0.3 is 0 Å². The van der Waals surface area contributed by atoms with Crippen LogP contribution < -0.4 is 14.8 Å². The van der Waals surface area contributed by atoms with E-state index in [0.717, 1.165) is 61.6 Å². The molecule has 0 bridgehead atoms. The summed E-state index contributed by atoms with van der Waals surface area (Å²) in [4.78, 5) is 15.4. The summed E-state index contributed by atoms with van der Waals surface area (Å²) in [5.41, 5.74) is 3.21. The molecule has 196 valence electrons. The molecule has 0 saturated carbocycles. The molecule has 3 aromatic rings. The topological polar surface area (TPSA) is 50.8 Å². The van der Waals surface area contributed by atoms with Gasteiger partial charge in [-0.1, -0.05) is 42.5 Å². The van der Waals surface area contributed by atoms with Crippen molar-refractivity contribution in [1.82, 2.24) is 10.2 Å². The third kappa shape index (κ3) is 8.17. The first-order chi connectivity index (χ1) is 18.1. The first-order valence-electron chi connectivity index (χ1n) is 13.5. The standard InChI is InChI=1S/C32H40N2O3/c1-33-20-17-32(28-9-6-10-30(23-28)36-2)37-29-14-12-27(13-15-29)31(35)16-11-25-18-21-34(22-19-25)24-26-7-4-3-5-8-26/h3-10,12-15,23,25,32-33H,11,16-22,24H2,1-2H3. The van der Waals surface area contributed by atoms with Crippen LogP contribution >= 0.6 is 0 Å². The second kappa shape index (κ2) is 14.0. The van der Waals surface area contributed by atoms with E-state index in [-0.39, 0.29) is 11.9 Å². The van der Waals surface area contributed by atoms with Crippen molar-refractivity contribution in [1.29, 1.82) is 0 Å². The monoisotopic (exact) mass is 500 g/mol. The number of piperidine rings is 1. The number of carbonyl (C=O) groups is 1. The zero-order valence-electron chi connectivity index (χ0n) is 22.2. The summed E-state index contributed by atoms with van der Waals surface area (Å²) in [6, 6.07) is 26.3. The van der Waals surface area contributed by atoms with Crippen LogP contribution in [0.2, 0.25) is 0 Å². The fourth-order valence-electron chi connectivity index (χ4n) is 5.05. The number of ether oxygens (including phenoxy) is 2. The highest BCUT2D eigenvalue weighted by molar-refractivity contribution is 5.96. The molecular weight excluding hydrogens is 460 g/mol. The summed E-state index contributed by atoms with van der Waals surface area (Å²) in [6.45, 7) is 4.09. The Kier molecular flexibility index (Phi) is 10.2. The molecule has 1 unspecified atom stereocenters. The minimum Gasteiger partial charge on any atom is -0.497 e. The maximum atomic E-state index is 12.9. The number of methoxy groups -OCH3 is 1. The highest BCUT2D eigenvalue weighted by Gasteiger charge is 2.20. The largest absolute Gasteiger partial charge is 0.497 e. The van der Waals surface area contributed by atoms with Gasteiger partial charge in [0.05, 0.1) is 7.11 Å². The van der Waals surface area contributed by atoms with Crippen LogP contribution in [0.25, 0.3) is 0 Å². The Morgan fingerprint density at radius 1 is 0.973 bits per heavy atom. The number of hydrogen-bond acceptors (Lipinski definition) is 5. The lowest BCUT2D eigenvalue weighted by atomic mass is 9.90. The number of hydrogen-bond donors (Lipinski definition) is 1. The number of rotatable bonds is 13. The van der Waals surface area contributed by atoms with Gasteiger partial charge < -0.3 is 14.8 Å². The highest BCUT2D eigenvalue weighted by atomic mass is 16.5. The van der Waals surface area contributed by atoms with Crippen LogP contribution in [0.4, 0.5) is 0 Å². The van der Waals surface area contributed by atoms with Gasteiger partial charge in [-0.15, -0.1) is 0 Å². The van der Waals surface area contributed by atoms with E-state index in [1.54, 1.807) is 7.11 Å². The zero-order chi connectivity index (χ0) is 25.9. The molecule has 0 aromatic heterocycles. The van der Waals surface area contributed by atoms with E-state index >= 15 is 0 Å². The van der Waals surface area contributed by atoms with Crippen LogP contribution in [0.1, 0.15) is 59.7 Å². The lowest BCUT2D eigenvalue weighted by Gasteiger charge is -2.32. The molecular formula is C32H40N2O3. The molecule has 0 radical (unpaired) electrons. The van der Waals surface area contributed by atoms with Crippen molar-refractivity contribution >= 4 is 5.78 Å². The Labute approximate surface area is 221 Å². The van der Waals surface area contributed by atoms with Gasteiger partial charge in [-0.05, 0) is 99.4 Å². The summed E-state index contributed by atoms with van der Waals surface area (Å²) in [7, 11) is 3.62. The van der Waals surface area contributed by atoms with Crippen LogP contribution in [-0.4, -0.2) is 44.5 Å². The number of nitrogens with zero attached hydrogens (tertiary/aromatic N) is 1. The molecule has 1 aliphatic heterocycles. The second-order valence-corrected chi connectivity index (χ2v) is 9.97. The van der Waals surface area contributed by atoms with Crippen molar-refractivity contribution in [3.05, 3.63) is 95.6 Å². The van der Waals surface area contributed by atoms with Gasteiger partial charge in [-0.3, -0.25) is 9.69 Å². The summed E-state index contributed by atoms with van der Waals surface area (Å²) in [6.07, 6.45) is 4.65. The predicted octanol–water partition coefficient (Wildman–Crippen LogP) is 6.30. The molecule has 0 aliphatic carbocycles. The third-order valence-corrected chi connectivity index (χ3v) is 7.31. The molecule has 1 heterocycles. The smallest absolute Gasteiger partial charge is 0.162 e. The van der Waals surface area contributed by atoms with Gasteiger partial charge in [0.15, 0.2) is 5.78 Å². The Morgan fingerprint density at radius 3 is 2.43 bits per heavy atom. The lowest BCUT2D eigenvalue weighted by molar-refractivity contribution is 0.0961. The maximum absolute atomic E-state index is 12.9. The van der Waals surface area contributed by atoms with E-state index in [1.807, 2.05) is 49.5 Å². The average molecular weight is 501 g/mol. The van der Waals surface area contributed by atoms with Gasteiger partial charge in [0.2, 0.25) is 0 Å². The predicted molar refractivity (Wildman–Crippen MR) is 149 cm³/mol. The van der Waals surface area contributed by atoms with Crippen molar-refractivity contribution in [2.24, 2.45) is 5.92 Å². The fraction of sp³-hybridized carbons (Fsp3) is 0.406. The molecule has 1 atom stereocenters. The van der Waals surface area contributed by atoms with Crippen LogP contribution in [0.3, 0.4) is 0 Å². The van der Waals surface area contributed by atoms with Gasteiger partial charge in [-0.25, -0.2) is 0 Å². The summed E-state index contributed by atoms with van der Waals surface area (Å²) >= 11 is 0. The number of benzene rings is 3. The van der Waals surface area contributed by atoms with E-state index in [0.29, 0.717) is 12.3 Å². The SMILES string of the molecule is CNCCC(Oc1ccc(C(=O)CCC2CCN(Cc3ccccc3)CC2)cc1)c1cccc(OC)c1. The normalized spacial score (nSPS) is 15.3. The molecule has 1 fully saturated rings. The first-order valence-corrected chi connectivity index (χ1v) is 13.5. The number of Topliss-reactive ketones (excluding diaryl/α,β-unsaturated/α-hetero) is 1. The summed E-state index contributed by atoms with van der Waals surface area (Å²) in [5, 5.41) is 3.20. The quantitative estimate of drug-likeness (QED) is 0.279. The summed E-state index contributed by atoms with van der Waals surface area (Å²) < 4.78 is 11.7. The zero-order valence-corrected chi connectivity index (χ0v) is 22.2. The Bertz CT molecular complexity index is 1090. The van der Waals surface area contributed by atoms with Crippen molar-refractivity contribution < 1.29 is 14.3 Å². The minimum absolute atomic E-state index is 0.100. The van der Waals surface area contributed by atoms with E-state index in [2.05, 4.69) is 46.6 Å². The summed E-state index contributed by atoms with van der Waals surface area (Å²) in [5.74, 6) is 2.44. The van der Waals surface area contributed by atoms with Crippen molar-refractivity contribution in [2.45, 2.75) is 44.8 Å². The van der Waals surface area contributed by atoms with Crippen LogP contribution in [0, 0.1) is 5.92 Å². The average Bonchev–Trinajstić information content (AvgIpc) is 2.95. The lowest BCUT2D eigenvalue weighted by Crippen LogP contribution is -2.33. The van der Waals surface area contributed by atoms with Crippen LogP contribution in [0.15, 0.2) is 78.9 Å². The van der Waals surface area contributed by atoms with E-state index in [1.165, 1.54) is 18.4 Å². The van der Waals surface area contributed by atoms with Gasteiger partial charge in [0, 0.05) is 24.9 Å². The molecule has 0 amide bonds. The Morgan fingerprint density at radius 2 is 1.73 bits per heavy atom. The second-order valence-electron chi connectivity index (χ2n) is 9.97. The number of ketones is 1. The fourth-order valence-corrected chi connectivity index (χ4v) is 5.05. The number of likely N-dealkylation sites (tertiary alicyclic amines) is 1. The Hall–Kier alpha value is -3.15. The van der Waals surface area contributed by atoms with E-state index in [9.17, 15) is 4.79 Å². The molecule has 1 N–H and O–H groups in total. The molecule has 37 heavy (non-hydrogen) atoms. The molecule has 4 rings (SSSR count). The van der Waals surface area contributed by atoms with Gasteiger partial charge in [-0.2, -0.15) is 0 Å². The van der Waals surface area contributed by atoms with Crippen molar-refractivity contribution in [3.63, 3.8) is 0 Å².